The fourth-order valence-corrected chi connectivity index (χ4v) is 2.37. The summed E-state index contributed by atoms with van der Waals surface area (Å²) in [6, 6.07) is 0.270. The van der Waals surface area contributed by atoms with Gasteiger partial charge >= 0.3 is 0 Å². The molecule has 5 nitrogen and oxygen atoms in total. The minimum Gasteiger partial charge on any atom is -0.372 e. The maximum Gasteiger partial charge on any atom is 0.271 e. The molecule has 0 saturated heterocycles. The normalized spacial score (nSPS) is 23.4. The lowest BCUT2D eigenvalue weighted by Crippen LogP contribution is -2.41. The van der Waals surface area contributed by atoms with Crippen LogP contribution in [0.2, 0.25) is 0 Å². The largest absolute Gasteiger partial charge is 0.372 e. The lowest BCUT2D eigenvalue weighted by molar-refractivity contribution is 0.0905. The molecule has 1 aliphatic rings. The molecular formula is C13H20N4O. The molecule has 2 atom stereocenters. The van der Waals surface area contributed by atoms with E-state index >= 15 is 0 Å². The van der Waals surface area contributed by atoms with Crippen LogP contribution in [0.3, 0.4) is 0 Å². The van der Waals surface area contributed by atoms with Crippen LogP contribution in [0, 0.1) is 5.92 Å². The third kappa shape index (κ3) is 2.97. The van der Waals surface area contributed by atoms with Crippen molar-refractivity contribution in [3.05, 3.63) is 18.1 Å². The minimum atomic E-state index is -0.127. The van der Waals surface area contributed by atoms with E-state index in [-0.39, 0.29) is 11.9 Å². The van der Waals surface area contributed by atoms with Crippen molar-refractivity contribution in [1.82, 2.24) is 15.3 Å². The second kappa shape index (κ2) is 5.80. The number of hydrogen-bond donors (Lipinski definition) is 2. The van der Waals surface area contributed by atoms with Crippen LogP contribution in [0.5, 0.6) is 0 Å². The van der Waals surface area contributed by atoms with Gasteiger partial charge in [-0.25, -0.2) is 4.98 Å². The van der Waals surface area contributed by atoms with Crippen LogP contribution >= 0.6 is 0 Å². The summed E-state index contributed by atoms with van der Waals surface area (Å²) in [5.41, 5.74) is 0.375. The first-order valence-corrected chi connectivity index (χ1v) is 6.51. The average molecular weight is 248 g/mol. The van der Waals surface area contributed by atoms with E-state index in [1.807, 2.05) is 0 Å². The summed E-state index contributed by atoms with van der Waals surface area (Å²) < 4.78 is 0. The highest BCUT2D eigenvalue weighted by atomic mass is 16.1. The van der Waals surface area contributed by atoms with Crippen molar-refractivity contribution in [2.75, 3.05) is 12.4 Å². The molecule has 2 rings (SSSR count). The summed E-state index contributed by atoms with van der Waals surface area (Å²) in [6.45, 7) is 2.19. The Morgan fingerprint density at radius 1 is 1.33 bits per heavy atom. The van der Waals surface area contributed by atoms with Crippen LogP contribution in [0.1, 0.15) is 43.1 Å². The molecule has 1 aromatic rings. The Morgan fingerprint density at radius 3 is 2.83 bits per heavy atom. The number of amides is 1. The molecule has 2 unspecified atom stereocenters. The van der Waals surface area contributed by atoms with E-state index in [0.717, 1.165) is 6.42 Å². The van der Waals surface area contributed by atoms with Crippen LogP contribution in [-0.4, -0.2) is 29.0 Å². The third-order valence-corrected chi connectivity index (χ3v) is 3.55. The number of carbonyl (C=O) groups is 1. The molecule has 98 valence electrons. The van der Waals surface area contributed by atoms with E-state index < -0.39 is 0 Å². The zero-order valence-corrected chi connectivity index (χ0v) is 10.9. The lowest BCUT2D eigenvalue weighted by atomic mass is 9.86. The Bertz CT molecular complexity index is 421. The summed E-state index contributed by atoms with van der Waals surface area (Å²) in [4.78, 5) is 20.3. The van der Waals surface area contributed by atoms with Crippen molar-refractivity contribution >= 4 is 11.7 Å². The van der Waals surface area contributed by atoms with Crippen LogP contribution in [-0.2, 0) is 0 Å². The number of hydrogen-bond acceptors (Lipinski definition) is 4. The molecule has 0 spiro atoms. The van der Waals surface area contributed by atoms with Gasteiger partial charge < -0.3 is 10.6 Å². The summed E-state index contributed by atoms with van der Waals surface area (Å²) in [5, 5.41) is 5.95. The smallest absolute Gasteiger partial charge is 0.271 e. The Kier molecular flexibility index (Phi) is 4.12. The minimum absolute atomic E-state index is 0.127. The van der Waals surface area contributed by atoms with Gasteiger partial charge in [-0.1, -0.05) is 19.8 Å². The quantitative estimate of drug-likeness (QED) is 0.856. The van der Waals surface area contributed by atoms with Gasteiger partial charge in [0, 0.05) is 13.1 Å². The van der Waals surface area contributed by atoms with Gasteiger partial charge in [0.05, 0.1) is 12.4 Å². The summed E-state index contributed by atoms with van der Waals surface area (Å²) in [5.74, 6) is 1.03. The van der Waals surface area contributed by atoms with Crippen molar-refractivity contribution in [3.8, 4) is 0 Å². The zero-order valence-electron chi connectivity index (χ0n) is 10.9. The van der Waals surface area contributed by atoms with E-state index in [1.165, 1.54) is 25.5 Å². The van der Waals surface area contributed by atoms with Crippen molar-refractivity contribution in [1.29, 1.82) is 0 Å². The maximum atomic E-state index is 12.1. The first-order chi connectivity index (χ1) is 8.70. The molecule has 0 aliphatic heterocycles. The van der Waals surface area contributed by atoms with Gasteiger partial charge in [0.15, 0.2) is 0 Å². The molecule has 1 aromatic heterocycles. The average Bonchev–Trinajstić information content (AvgIpc) is 2.41. The fourth-order valence-electron chi connectivity index (χ4n) is 2.37. The van der Waals surface area contributed by atoms with Gasteiger partial charge in [0.1, 0.15) is 11.5 Å². The molecule has 0 bridgehead atoms. The van der Waals surface area contributed by atoms with Crippen LogP contribution in [0.25, 0.3) is 0 Å². The Labute approximate surface area is 107 Å². The highest BCUT2D eigenvalue weighted by Gasteiger charge is 2.23. The molecule has 0 aromatic carbocycles. The second-order valence-corrected chi connectivity index (χ2v) is 4.88. The SMILES string of the molecule is CNc1cncc(C(=O)NC2CCCCC2C)n1. The number of nitrogens with one attached hydrogen (secondary N) is 2. The van der Waals surface area contributed by atoms with E-state index in [0.29, 0.717) is 17.4 Å². The standard InChI is InChI=1S/C13H20N4O/c1-9-5-3-4-6-10(9)17-13(18)11-7-15-8-12(14-2)16-11/h7-10H,3-6H2,1-2H3,(H,14,16)(H,17,18). The predicted octanol–water partition coefficient (Wildman–Crippen LogP) is 1.83. The second-order valence-electron chi connectivity index (χ2n) is 4.88. The Balaban J connectivity index is 2.02. The molecule has 2 N–H and O–H groups in total. The highest BCUT2D eigenvalue weighted by Crippen LogP contribution is 2.23. The lowest BCUT2D eigenvalue weighted by Gasteiger charge is -2.29. The van der Waals surface area contributed by atoms with Crippen molar-refractivity contribution in [2.45, 2.75) is 38.6 Å². The molecule has 5 heteroatoms. The molecule has 1 amide bonds. The van der Waals surface area contributed by atoms with Gasteiger partial charge in [-0.15, -0.1) is 0 Å². The predicted molar refractivity (Wildman–Crippen MR) is 70.5 cm³/mol. The summed E-state index contributed by atoms with van der Waals surface area (Å²) >= 11 is 0. The molecule has 18 heavy (non-hydrogen) atoms. The van der Waals surface area contributed by atoms with Crippen LogP contribution in [0.4, 0.5) is 5.82 Å². The Morgan fingerprint density at radius 2 is 2.11 bits per heavy atom. The number of aromatic nitrogens is 2. The fraction of sp³-hybridized carbons (Fsp3) is 0.615. The van der Waals surface area contributed by atoms with Crippen molar-refractivity contribution < 1.29 is 4.79 Å². The molecule has 1 aliphatic carbocycles. The van der Waals surface area contributed by atoms with Gasteiger partial charge in [-0.3, -0.25) is 9.78 Å². The molecule has 1 fully saturated rings. The van der Waals surface area contributed by atoms with Gasteiger partial charge in [-0.2, -0.15) is 0 Å². The molecule has 1 heterocycles. The van der Waals surface area contributed by atoms with Crippen molar-refractivity contribution in [2.24, 2.45) is 5.92 Å². The van der Waals surface area contributed by atoms with Gasteiger partial charge in [-0.05, 0) is 18.8 Å². The van der Waals surface area contributed by atoms with Crippen LogP contribution < -0.4 is 10.6 Å². The molecular weight excluding hydrogens is 228 g/mol. The van der Waals surface area contributed by atoms with E-state index in [4.69, 9.17) is 0 Å². The van der Waals surface area contributed by atoms with E-state index in [1.54, 1.807) is 13.2 Å². The highest BCUT2D eigenvalue weighted by molar-refractivity contribution is 5.92. The third-order valence-electron chi connectivity index (χ3n) is 3.55. The van der Waals surface area contributed by atoms with Gasteiger partial charge in [0.2, 0.25) is 0 Å². The van der Waals surface area contributed by atoms with E-state index in [9.17, 15) is 4.79 Å². The van der Waals surface area contributed by atoms with Crippen molar-refractivity contribution in [3.63, 3.8) is 0 Å². The number of anilines is 1. The monoisotopic (exact) mass is 248 g/mol. The first kappa shape index (κ1) is 12.8. The van der Waals surface area contributed by atoms with E-state index in [2.05, 4.69) is 27.5 Å². The van der Waals surface area contributed by atoms with Crippen LogP contribution in [0.15, 0.2) is 12.4 Å². The first-order valence-electron chi connectivity index (χ1n) is 6.51. The summed E-state index contributed by atoms with van der Waals surface area (Å²) in [6.07, 6.45) is 7.81. The molecule has 1 saturated carbocycles. The number of nitrogens with zero attached hydrogens (tertiary/aromatic N) is 2. The number of carbonyl (C=O) groups excluding carboxylic acids is 1. The maximum absolute atomic E-state index is 12.1. The summed E-state index contributed by atoms with van der Waals surface area (Å²) in [7, 11) is 1.76. The Hall–Kier alpha value is -1.65. The number of rotatable bonds is 3. The zero-order chi connectivity index (χ0) is 13.0. The molecule has 0 radical (unpaired) electrons. The van der Waals surface area contributed by atoms with Gasteiger partial charge in [0.25, 0.3) is 5.91 Å². The topological polar surface area (TPSA) is 66.9 Å².